The smallest absolute Gasteiger partial charge is 0.338 e. The molecule has 1 aromatic carbocycles. The Hall–Kier alpha value is -2.18. The summed E-state index contributed by atoms with van der Waals surface area (Å²) in [6.07, 6.45) is 2.65. The van der Waals surface area contributed by atoms with Crippen LogP contribution in [0.25, 0.3) is 0 Å². The molecule has 10 rings (SSSR count). The summed E-state index contributed by atoms with van der Waals surface area (Å²) in [5, 5.41) is 11.7. The highest BCUT2D eigenvalue weighted by Gasteiger charge is 2.90. The maximum atomic E-state index is 13.1. The van der Waals surface area contributed by atoms with Crippen LogP contribution in [0.15, 0.2) is 42.5 Å². The third kappa shape index (κ3) is 2.11. The fraction of sp³-hybridized carbons (Fsp3) is 0.655. The summed E-state index contributed by atoms with van der Waals surface area (Å²) in [5.74, 6) is 0.487. The van der Waals surface area contributed by atoms with Gasteiger partial charge in [0.05, 0.1) is 11.7 Å². The number of esters is 2. The zero-order valence-electron chi connectivity index (χ0n) is 20.4. The lowest BCUT2D eigenvalue weighted by molar-refractivity contribution is -0.229. The quantitative estimate of drug-likeness (QED) is 0.535. The van der Waals surface area contributed by atoms with Gasteiger partial charge >= 0.3 is 11.9 Å². The fourth-order valence-electron chi connectivity index (χ4n) is 11.7. The summed E-state index contributed by atoms with van der Waals surface area (Å²) in [6.45, 7) is 9.25. The summed E-state index contributed by atoms with van der Waals surface area (Å²) in [5.41, 5.74) is 1.14. The predicted octanol–water partition coefficient (Wildman–Crippen LogP) is 3.20. The molecule has 6 saturated carbocycles. The molecule has 3 aliphatic heterocycles. The molecule has 1 unspecified atom stereocenters. The van der Waals surface area contributed by atoms with Gasteiger partial charge in [-0.25, -0.2) is 4.79 Å². The van der Waals surface area contributed by atoms with E-state index in [4.69, 9.17) is 9.47 Å². The molecule has 2 spiro atoms. The number of fused-ring (bicyclic) bond motifs is 1. The van der Waals surface area contributed by atoms with Gasteiger partial charge in [-0.1, -0.05) is 31.7 Å². The van der Waals surface area contributed by atoms with Gasteiger partial charge < -0.3 is 14.6 Å². The van der Waals surface area contributed by atoms with Crippen molar-refractivity contribution in [1.29, 1.82) is 0 Å². The number of carbonyl (C=O) groups is 2. The minimum Gasteiger partial charge on any atom is -0.462 e. The molecular weight excluding hydrogens is 442 g/mol. The second-order valence-corrected chi connectivity index (χ2v) is 13.0. The molecule has 9 aliphatic rings. The second-order valence-electron chi connectivity index (χ2n) is 13.0. The van der Waals surface area contributed by atoms with Crippen molar-refractivity contribution in [1.82, 2.24) is 4.90 Å². The number of ether oxygens (including phenoxy) is 2. The first-order valence-electron chi connectivity index (χ1n) is 13.3. The van der Waals surface area contributed by atoms with E-state index in [1.54, 1.807) is 0 Å². The molecular formula is C29H33NO5. The van der Waals surface area contributed by atoms with E-state index < -0.39 is 6.10 Å². The molecule has 1 N–H and O–H groups in total. The summed E-state index contributed by atoms with van der Waals surface area (Å²) in [4.78, 5) is 28.2. The van der Waals surface area contributed by atoms with Crippen molar-refractivity contribution in [2.75, 3.05) is 6.54 Å². The third-order valence-electron chi connectivity index (χ3n) is 11.8. The minimum absolute atomic E-state index is 0.0152. The molecule has 0 aromatic heterocycles. The molecule has 0 radical (unpaired) electrons. The zero-order chi connectivity index (χ0) is 24.1. The van der Waals surface area contributed by atoms with Crippen LogP contribution in [-0.4, -0.2) is 58.9 Å². The van der Waals surface area contributed by atoms with Crippen LogP contribution >= 0.6 is 0 Å². The molecule has 1 aromatic rings. The largest absolute Gasteiger partial charge is 0.462 e. The highest BCUT2D eigenvalue weighted by molar-refractivity contribution is 5.89. The van der Waals surface area contributed by atoms with E-state index in [-0.39, 0.29) is 52.2 Å². The summed E-state index contributed by atoms with van der Waals surface area (Å²) < 4.78 is 12.4. The first-order chi connectivity index (χ1) is 16.7. The van der Waals surface area contributed by atoms with E-state index in [1.807, 2.05) is 30.3 Å². The topological polar surface area (TPSA) is 76.1 Å². The number of benzene rings is 1. The zero-order valence-corrected chi connectivity index (χ0v) is 20.4. The number of nitrogens with zero attached hydrogens (tertiary/aromatic N) is 1. The first kappa shape index (κ1) is 21.0. The summed E-state index contributed by atoms with van der Waals surface area (Å²) in [6, 6.07) is 10.1. The predicted molar refractivity (Wildman–Crippen MR) is 126 cm³/mol. The van der Waals surface area contributed by atoms with Gasteiger partial charge in [0.25, 0.3) is 0 Å². The van der Waals surface area contributed by atoms with Crippen molar-refractivity contribution >= 4 is 11.9 Å². The van der Waals surface area contributed by atoms with Crippen molar-refractivity contribution in [3.8, 4) is 0 Å². The van der Waals surface area contributed by atoms with Crippen LogP contribution in [0.5, 0.6) is 0 Å². The molecule has 35 heavy (non-hydrogen) atoms. The van der Waals surface area contributed by atoms with Crippen LogP contribution in [0, 0.1) is 39.9 Å². The molecule has 0 amide bonds. The van der Waals surface area contributed by atoms with Gasteiger partial charge in [-0.3, -0.25) is 9.69 Å². The van der Waals surface area contributed by atoms with Crippen LogP contribution in [0.4, 0.5) is 0 Å². The number of hydrogen-bond donors (Lipinski definition) is 1. The SMILES string of the molecule is C=C1[C@H]2C[C@@H]3[C@H]4N5C[C@]6(C)C[C@@H](OC(=O)c7ccccc7)C[C@]47[C@H]([C@H]2OC(C)=O)[C@]3(C[C@H]5[C@H]67)[C@@H]1O. The van der Waals surface area contributed by atoms with Gasteiger partial charge in [-0.2, -0.15) is 0 Å². The number of aliphatic hydroxyl groups is 1. The van der Waals surface area contributed by atoms with Crippen molar-refractivity contribution in [3.05, 3.63) is 48.0 Å². The van der Waals surface area contributed by atoms with Crippen molar-refractivity contribution in [2.24, 2.45) is 39.9 Å². The lowest BCUT2D eigenvalue weighted by Crippen LogP contribution is -2.69. The van der Waals surface area contributed by atoms with E-state index in [0.29, 0.717) is 29.5 Å². The summed E-state index contributed by atoms with van der Waals surface area (Å²) >= 11 is 0. The molecule has 6 aliphatic carbocycles. The normalized spacial score (nSPS) is 55.3. The third-order valence-corrected chi connectivity index (χ3v) is 11.8. The van der Waals surface area contributed by atoms with E-state index in [1.165, 1.54) is 6.92 Å². The highest BCUT2D eigenvalue weighted by atomic mass is 16.5. The van der Waals surface area contributed by atoms with E-state index in [9.17, 15) is 14.7 Å². The Balaban J connectivity index is 1.25. The van der Waals surface area contributed by atoms with Crippen LogP contribution < -0.4 is 0 Å². The molecule has 3 saturated heterocycles. The van der Waals surface area contributed by atoms with Gasteiger partial charge in [0.15, 0.2) is 0 Å². The molecule has 9 bridgehead atoms. The number of rotatable bonds is 3. The Morgan fingerprint density at radius 2 is 1.86 bits per heavy atom. The van der Waals surface area contributed by atoms with E-state index >= 15 is 0 Å². The van der Waals surface area contributed by atoms with E-state index in [2.05, 4.69) is 18.4 Å². The standard InChI is InChI=1S/C29H33NO5/c1-14-18-9-19-24-29-11-17(35-26(33)16-7-5-4-6-8-16)10-27(3)13-30(24)20(22(27)29)12-28(19,25(14)32)23(29)21(18)34-15(2)31/h4-8,17-25,32H,1,9-13H2,2-3H3/t17-,18-,19-,20+,21+,22-,23-,24-,25-,27+,28-,29+/m1/s1. The number of hydrogen-bond acceptors (Lipinski definition) is 6. The molecule has 6 nitrogen and oxygen atoms in total. The monoisotopic (exact) mass is 475 g/mol. The Morgan fingerprint density at radius 3 is 2.60 bits per heavy atom. The average Bonchev–Trinajstić information content (AvgIpc) is 3.23. The number of carbonyl (C=O) groups excluding carboxylic acids is 2. The van der Waals surface area contributed by atoms with Crippen LogP contribution in [0.3, 0.4) is 0 Å². The number of piperidine rings is 2. The highest BCUT2D eigenvalue weighted by Crippen LogP contribution is 2.87. The van der Waals surface area contributed by atoms with Crippen molar-refractivity contribution in [3.63, 3.8) is 0 Å². The maximum Gasteiger partial charge on any atom is 0.338 e. The Morgan fingerprint density at radius 1 is 1.09 bits per heavy atom. The molecule has 6 heteroatoms. The van der Waals surface area contributed by atoms with Crippen LogP contribution in [0.2, 0.25) is 0 Å². The minimum atomic E-state index is -0.535. The molecule has 13 atom stereocenters. The van der Waals surface area contributed by atoms with Gasteiger partial charge in [0.2, 0.25) is 0 Å². The molecule has 3 heterocycles. The van der Waals surface area contributed by atoms with Crippen molar-refractivity contribution in [2.45, 2.75) is 69.9 Å². The van der Waals surface area contributed by atoms with Gasteiger partial charge in [-0.05, 0) is 60.6 Å². The Kier molecular flexibility index (Phi) is 3.71. The van der Waals surface area contributed by atoms with Gasteiger partial charge in [-0.15, -0.1) is 0 Å². The van der Waals surface area contributed by atoms with Crippen molar-refractivity contribution < 1.29 is 24.2 Å². The van der Waals surface area contributed by atoms with E-state index in [0.717, 1.165) is 37.8 Å². The lowest BCUT2D eigenvalue weighted by Gasteiger charge is -2.66. The van der Waals surface area contributed by atoms with Crippen LogP contribution in [-0.2, 0) is 14.3 Å². The summed E-state index contributed by atoms with van der Waals surface area (Å²) in [7, 11) is 0. The second kappa shape index (κ2) is 6.20. The Labute approximate surface area is 205 Å². The molecule has 184 valence electrons. The van der Waals surface area contributed by atoms with Crippen LogP contribution in [0.1, 0.15) is 49.9 Å². The van der Waals surface area contributed by atoms with Gasteiger partial charge in [0.1, 0.15) is 12.2 Å². The fourth-order valence-corrected chi connectivity index (χ4v) is 11.7. The average molecular weight is 476 g/mol. The first-order valence-corrected chi connectivity index (χ1v) is 13.3. The molecule has 9 fully saturated rings. The number of aliphatic hydroxyl groups excluding tert-OH is 1. The maximum absolute atomic E-state index is 13.1. The lowest BCUT2D eigenvalue weighted by atomic mass is 9.39. The Bertz CT molecular complexity index is 1180. The van der Waals surface area contributed by atoms with Gasteiger partial charge in [0, 0.05) is 48.2 Å².